The lowest BCUT2D eigenvalue weighted by atomic mass is 9.52. The molecule has 6 atom stereocenters. The fourth-order valence-electron chi connectivity index (χ4n) is 7.77. The fourth-order valence-corrected chi connectivity index (χ4v) is 7.77. The van der Waals surface area contributed by atoms with Crippen molar-refractivity contribution >= 4 is 0 Å². The van der Waals surface area contributed by atoms with Gasteiger partial charge in [0, 0.05) is 0 Å². The summed E-state index contributed by atoms with van der Waals surface area (Å²) in [5, 5.41) is 10.1. The topological polar surface area (TPSA) is 23.8 Å². The zero-order chi connectivity index (χ0) is 21.2. The molecule has 4 unspecified atom stereocenters. The lowest BCUT2D eigenvalue weighted by Crippen LogP contribution is -2.44. The maximum Gasteiger partial charge on any atom is 0.0689 e. The highest BCUT2D eigenvalue weighted by molar-refractivity contribution is 5.06. The van der Waals surface area contributed by atoms with Gasteiger partial charge < -0.3 is 0 Å². The van der Waals surface area contributed by atoms with Gasteiger partial charge in [0.15, 0.2) is 0 Å². The molecular weight excluding hydrogens is 362 g/mol. The molecule has 3 aliphatic rings. The predicted octanol–water partition coefficient (Wildman–Crippen LogP) is 9.46. The van der Waals surface area contributed by atoms with Crippen LogP contribution >= 0.6 is 0 Å². The Morgan fingerprint density at radius 1 is 0.733 bits per heavy atom. The van der Waals surface area contributed by atoms with Crippen LogP contribution < -0.4 is 0 Å². The van der Waals surface area contributed by atoms with Crippen LogP contribution in [-0.2, 0) is 0 Å². The third kappa shape index (κ3) is 6.50. The van der Waals surface area contributed by atoms with E-state index in [0.717, 1.165) is 29.6 Å². The first-order valence-corrected chi connectivity index (χ1v) is 14.1. The van der Waals surface area contributed by atoms with Gasteiger partial charge in [-0.3, -0.25) is 0 Å². The van der Waals surface area contributed by atoms with Crippen molar-refractivity contribution < 1.29 is 0 Å². The van der Waals surface area contributed by atoms with E-state index in [1.807, 2.05) is 0 Å². The number of unbranched alkanes of at least 4 members (excludes halogenated alkanes) is 8. The SMILES string of the molecule is CCCCCCC[C@H]1CCC2C(CCC3C[C@@](C#N)(CCCCCCC)CCC32)C1. The van der Waals surface area contributed by atoms with Gasteiger partial charge in [-0.2, -0.15) is 5.26 Å². The Bertz CT molecular complexity index is 519. The Morgan fingerprint density at radius 2 is 1.40 bits per heavy atom. The molecule has 0 heterocycles. The molecule has 0 bridgehead atoms. The van der Waals surface area contributed by atoms with Crippen molar-refractivity contribution in [3.8, 4) is 6.07 Å². The summed E-state index contributed by atoms with van der Waals surface area (Å²) in [5.41, 5.74) is 0.0376. The smallest absolute Gasteiger partial charge is 0.0689 e. The van der Waals surface area contributed by atoms with Crippen molar-refractivity contribution in [3.63, 3.8) is 0 Å². The average molecular weight is 414 g/mol. The largest absolute Gasteiger partial charge is 0.198 e. The van der Waals surface area contributed by atoms with E-state index in [0.29, 0.717) is 0 Å². The van der Waals surface area contributed by atoms with Gasteiger partial charge in [-0.05, 0) is 81.0 Å². The molecule has 0 spiro atoms. The molecule has 3 aliphatic carbocycles. The molecule has 0 N–H and O–H groups in total. The van der Waals surface area contributed by atoms with E-state index in [2.05, 4.69) is 19.9 Å². The number of rotatable bonds is 12. The molecule has 3 rings (SSSR count). The maximum absolute atomic E-state index is 10.1. The van der Waals surface area contributed by atoms with Crippen LogP contribution in [0.5, 0.6) is 0 Å². The van der Waals surface area contributed by atoms with Crippen molar-refractivity contribution in [2.24, 2.45) is 35.0 Å². The van der Waals surface area contributed by atoms with Crippen LogP contribution in [0.3, 0.4) is 0 Å². The van der Waals surface area contributed by atoms with E-state index in [1.165, 1.54) is 122 Å². The normalized spacial score (nSPS) is 36.0. The lowest BCUT2D eigenvalue weighted by Gasteiger charge is -2.52. The van der Waals surface area contributed by atoms with Crippen molar-refractivity contribution in [2.75, 3.05) is 0 Å². The summed E-state index contributed by atoms with van der Waals surface area (Å²) in [7, 11) is 0. The number of hydrogen-bond acceptors (Lipinski definition) is 1. The minimum Gasteiger partial charge on any atom is -0.198 e. The lowest BCUT2D eigenvalue weighted by molar-refractivity contribution is -0.0181. The average Bonchev–Trinajstić information content (AvgIpc) is 2.78. The number of fused-ring (bicyclic) bond motifs is 3. The summed E-state index contributed by atoms with van der Waals surface area (Å²) in [6.45, 7) is 4.60. The summed E-state index contributed by atoms with van der Waals surface area (Å²) >= 11 is 0. The molecular formula is C29H51N. The highest BCUT2D eigenvalue weighted by atomic mass is 14.5. The van der Waals surface area contributed by atoms with Crippen LogP contribution in [0.1, 0.15) is 142 Å². The maximum atomic E-state index is 10.1. The summed E-state index contributed by atoms with van der Waals surface area (Å²) in [5.74, 6) is 4.93. The molecule has 0 aromatic carbocycles. The first-order valence-electron chi connectivity index (χ1n) is 14.1. The van der Waals surface area contributed by atoms with Crippen LogP contribution in [-0.4, -0.2) is 0 Å². The first kappa shape index (κ1) is 24.1. The van der Waals surface area contributed by atoms with Gasteiger partial charge >= 0.3 is 0 Å². The standard InChI is InChI=1S/C29H51N/c1-3-5-7-9-11-13-24-14-17-27-25(21-24)15-16-26-22-29(23-30,20-18-28(26)27)19-12-10-8-6-4-2/h24-28H,3-22H2,1-2H3/t24-,25?,26?,27?,28?,29+/m0/s1. The molecule has 3 saturated carbocycles. The van der Waals surface area contributed by atoms with Crippen LogP contribution in [0.4, 0.5) is 0 Å². The van der Waals surface area contributed by atoms with Gasteiger partial charge in [0.25, 0.3) is 0 Å². The molecule has 0 aliphatic heterocycles. The zero-order valence-electron chi connectivity index (χ0n) is 20.5. The Balaban J connectivity index is 1.43. The third-order valence-corrected chi connectivity index (χ3v) is 9.53. The number of nitriles is 1. The Hall–Kier alpha value is -0.510. The zero-order valence-corrected chi connectivity index (χ0v) is 20.5. The van der Waals surface area contributed by atoms with Crippen molar-refractivity contribution in [1.82, 2.24) is 0 Å². The highest BCUT2D eigenvalue weighted by Crippen LogP contribution is 2.57. The molecule has 1 heteroatoms. The molecule has 172 valence electrons. The molecule has 0 saturated heterocycles. The molecule has 1 nitrogen and oxygen atoms in total. The molecule has 3 fully saturated rings. The minimum atomic E-state index is 0.0376. The minimum absolute atomic E-state index is 0.0376. The first-order chi connectivity index (χ1) is 14.7. The van der Waals surface area contributed by atoms with Crippen molar-refractivity contribution in [3.05, 3.63) is 0 Å². The van der Waals surface area contributed by atoms with E-state index in [9.17, 15) is 5.26 Å². The Morgan fingerprint density at radius 3 is 2.13 bits per heavy atom. The Labute approximate surface area is 188 Å². The van der Waals surface area contributed by atoms with Crippen LogP contribution in [0.15, 0.2) is 0 Å². The van der Waals surface area contributed by atoms with E-state index >= 15 is 0 Å². The molecule has 0 amide bonds. The van der Waals surface area contributed by atoms with Crippen LogP contribution in [0.25, 0.3) is 0 Å². The van der Waals surface area contributed by atoms with E-state index < -0.39 is 0 Å². The summed E-state index contributed by atoms with van der Waals surface area (Å²) in [4.78, 5) is 0. The van der Waals surface area contributed by atoms with Gasteiger partial charge in [-0.1, -0.05) is 90.9 Å². The van der Waals surface area contributed by atoms with Crippen LogP contribution in [0.2, 0.25) is 0 Å². The fraction of sp³-hybridized carbons (Fsp3) is 0.966. The van der Waals surface area contributed by atoms with Gasteiger partial charge in [0.2, 0.25) is 0 Å². The van der Waals surface area contributed by atoms with Crippen LogP contribution in [0, 0.1) is 46.3 Å². The van der Waals surface area contributed by atoms with E-state index in [-0.39, 0.29) is 5.41 Å². The molecule has 0 aromatic rings. The summed E-state index contributed by atoms with van der Waals surface area (Å²) < 4.78 is 0. The molecule has 30 heavy (non-hydrogen) atoms. The second-order valence-corrected chi connectivity index (χ2v) is 11.6. The number of hydrogen-bond donors (Lipinski definition) is 0. The van der Waals surface area contributed by atoms with Gasteiger partial charge in [-0.25, -0.2) is 0 Å². The van der Waals surface area contributed by atoms with Gasteiger partial charge in [-0.15, -0.1) is 0 Å². The van der Waals surface area contributed by atoms with E-state index in [4.69, 9.17) is 0 Å². The highest BCUT2D eigenvalue weighted by Gasteiger charge is 2.48. The quantitative estimate of drug-likeness (QED) is 0.292. The second kappa shape index (κ2) is 12.5. The van der Waals surface area contributed by atoms with Crippen molar-refractivity contribution in [1.29, 1.82) is 5.26 Å². The van der Waals surface area contributed by atoms with Gasteiger partial charge in [0.05, 0.1) is 11.5 Å². The predicted molar refractivity (Wildman–Crippen MR) is 129 cm³/mol. The van der Waals surface area contributed by atoms with E-state index in [1.54, 1.807) is 6.42 Å². The monoisotopic (exact) mass is 413 g/mol. The third-order valence-electron chi connectivity index (χ3n) is 9.53. The summed E-state index contributed by atoms with van der Waals surface area (Å²) in [6.07, 6.45) is 27.9. The summed E-state index contributed by atoms with van der Waals surface area (Å²) in [6, 6.07) is 2.86. The number of nitrogens with zero attached hydrogens (tertiary/aromatic N) is 1. The second-order valence-electron chi connectivity index (χ2n) is 11.6. The van der Waals surface area contributed by atoms with Gasteiger partial charge in [0.1, 0.15) is 0 Å². The van der Waals surface area contributed by atoms with Crippen molar-refractivity contribution in [2.45, 2.75) is 142 Å². The molecule has 0 aromatic heterocycles. The molecule has 0 radical (unpaired) electrons. The Kier molecular flexibility index (Phi) is 10.1.